The largest absolute Gasteiger partial charge is 0.394 e. The SMILES string of the molecule is Cn1ccnc(NC(C)(C)CO)c1=O. The van der Waals surface area contributed by atoms with Crippen molar-refractivity contribution in [3.63, 3.8) is 0 Å². The van der Waals surface area contributed by atoms with Crippen LogP contribution in [0.15, 0.2) is 17.2 Å². The third-order valence-corrected chi connectivity index (χ3v) is 1.87. The van der Waals surface area contributed by atoms with E-state index in [1.165, 1.54) is 10.8 Å². The maximum atomic E-state index is 11.5. The third-order valence-electron chi connectivity index (χ3n) is 1.87. The van der Waals surface area contributed by atoms with Gasteiger partial charge in [-0.3, -0.25) is 4.79 Å². The minimum Gasteiger partial charge on any atom is -0.394 e. The van der Waals surface area contributed by atoms with E-state index in [4.69, 9.17) is 5.11 Å². The number of aliphatic hydroxyl groups excluding tert-OH is 1. The van der Waals surface area contributed by atoms with Crippen LogP contribution in [0.25, 0.3) is 0 Å². The van der Waals surface area contributed by atoms with Crippen LogP contribution in [0.2, 0.25) is 0 Å². The molecule has 14 heavy (non-hydrogen) atoms. The van der Waals surface area contributed by atoms with E-state index >= 15 is 0 Å². The first kappa shape index (κ1) is 10.7. The molecule has 0 aromatic carbocycles. The lowest BCUT2D eigenvalue weighted by Gasteiger charge is -2.23. The molecule has 0 aliphatic heterocycles. The van der Waals surface area contributed by atoms with Crippen LogP contribution >= 0.6 is 0 Å². The molecular weight excluding hydrogens is 182 g/mol. The zero-order chi connectivity index (χ0) is 10.8. The van der Waals surface area contributed by atoms with Crippen LogP contribution in [0.3, 0.4) is 0 Å². The van der Waals surface area contributed by atoms with Crippen molar-refractivity contribution in [1.29, 1.82) is 0 Å². The molecule has 78 valence electrons. The molecule has 5 nitrogen and oxygen atoms in total. The third kappa shape index (κ3) is 2.32. The van der Waals surface area contributed by atoms with Gasteiger partial charge in [-0.15, -0.1) is 0 Å². The molecule has 0 atom stereocenters. The van der Waals surface area contributed by atoms with E-state index in [-0.39, 0.29) is 18.0 Å². The number of hydrogen-bond acceptors (Lipinski definition) is 4. The van der Waals surface area contributed by atoms with Gasteiger partial charge in [0.25, 0.3) is 5.56 Å². The molecule has 1 aromatic rings. The van der Waals surface area contributed by atoms with Crippen LogP contribution < -0.4 is 10.9 Å². The van der Waals surface area contributed by atoms with E-state index < -0.39 is 5.54 Å². The zero-order valence-corrected chi connectivity index (χ0v) is 8.61. The standard InChI is InChI=1S/C9H15N3O2/c1-9(2,6-13)11-7-8(14)12(3)5-4-10-7/h4-5,13H,6H2,1-3H3,(H,10,11). The second-order valence-corrected chi connectivity index (χ2v) is 3.86. The van der Waals surface area contributed by atoms with Crippen molar-refractivity contribution in [3.8, 4) is 0 Å². The fraction of sp³-hybridized carbons (Fsp3) is 0.556. The minimum atomic E-state index is -0.541. The molecule has 0 bridgehead atoms. The second-order valence-electron chi connectivity index (χ2n) is 3.86. The van der Waals surface area contributed by atoms with E-state index in [2.05, 4.69) is 10.3 Å². The average molecular weight is 197 g/mol. The lowest BCUT2D eigenvalue weighted by Crippen LogP contribution is -2.38. The fourth-order valence-corrected chi connectivity index (χ4v) is 0.944. The Morgan fingerprint density at radius 1 is 1.64 bits per heavy atom. The van der Waals surface area contributed by atoms with Gasteiger partial charge in [-0.05, 0) is 13.8 Å². The van der Waals surface area contributed by atoms with Crippen LogP contribution in [0.1, 0.15) is 13.8 Å². The maximum Gasteiger partial charge on any atom is 0.293 e. The lowest BCUT2D eigenvalue weighted by molar-refractivity contribution is 0.233. The van der Waals surface area contributed by atoms with Gasteiger partial charge in [0.1, 0.15) is 0 Å². The zero-order valence-electron chi connectivity index (χ0n) is 8.61. The highest BCUT2D eigenvalue weighted by atomic mass is 16.3. The van der Waals surface area contributed by atoms with Crippen molar-refractivity contribution in [3.05, 3.63) is 22.7 Å². The van der Waals surface area contributed by atoms with Crippen molar-refractivity contribution in [2.45, 2.75) is 19.4 Å². The van der Waals surface area contributed by atoms with Gasteiger partial charge >= 0.3 is 0 Å². The molecule has 1 aromatic heterocycles. The van der Waals surface area contributed by atoms with E-state index in [1.54, 1.807) is 27.1 Å². The molecule has 5 heteroatoms. The number of hydrogen-bond donors (Lipinski definition) is 2. The summed E-state index contributed by atoms with van der Waals surface area (Å²) in [6.07, 6.45) is 3.12. The summed E-state index contributed by atoms with van der Waals surface area (Å²) < 4.78 is 1.43. The molecule has 0 spiro atoms. The highest BCUT2D eigenvalue weighted by Crippen LogP contribution is 2.07. The number of aryl methyl sites for hydroxylation is 1. The van der Waals surface area contributed by atoms with Crippen molar-refractivity contribution < 1.29 is 5.11 Å². The number of nitrogens with one attached hydrogen (secondary N) is 1. The molecule has 1 heterocycles. The second kappa shape index (κ2) is 3.79. The molecule has 0 aliphatic rings. The molecule has 0 fully saturated rings. The first-order valence-electron chi connectivity index (χ1n) is 4.37. The van der Waals surface area contributed by atoms with Crippen molar-refractivity contribution in [1.82, 2.24) is 9.55 Å². The van der Waals surface area contributed by atoms with Crippen LogP contribution in [0.4, 0.5) is 5.82 Å². The van der Waals surface area contributed by atoms with E-state index in [9.17, 15) is 4.79 Å². The summed E-state index contributed by atoms with van der Waals surface area (Å²) >= 11 is 0. The topological polar surface area (TPSA) is 67.2 Å². The number of aromatic nitrogens is 2. The summed E-state index contributed by atoms with van der Waals surface area (Å²) in [5.41, 5.74) is -0.741. The number of rotatable bonds is 3. The molecule has 0 radical (unpaired) electrons. The summed E-state index contributed by atoms with van der Waals surface area (Å²) in [6.45, 7) is 3.52. The monoisotopic (exact) mass is 197 g/mol. The van der Waals surface area contributed by atoms with Crippen molar-refractivity contribution in [2.24, 2.45) is 7.05 Å². The van der Waals surface area contributed by atoms with Gasteiger partial charge in [-0.1, -0.05) is 0 Å². The smallest absolute Gasteiger partial charge is 0.293 e. The quantitative estimate of drug-likeness (QED) is 0.713. The molecule has 2 N–H and O–H groups in total. The summed E-state index contributed by atoms with van der Waals surface area (Å²) in [6, 6.07) is 0. The van der Waals surface area contributed by atoms with Gasteiger partial charge in [-0.2, -0.15) is 0 Å². The van der Waals surface area contributed by atoms with Gasteiger partial charge in [0.2, 0.25) is 0 Å². The first-order chi connectivity index (χ1) is 6.46. The first-order valence-corrected chi connectivity index (χ1v) is 4.37. The van der Waals surface area contributed by atoms with Crippen LogP contribution in [0, 0.1) is 0 Å². The van der Waals surface area contributed by atoms with Crippen LogP contribution in [-0.4, -0.2) is 26.8 Å². The van der Waals surface area contributed by atoms with Crippen molar-refractivity contribution in [2.75, 3.05) is 11.9 Å². The highest BCUT2D eigenvalue weighted by Gasteiger charge is 2.18. The van der Waals surface area contributed by atoms with Crippen LogP contribution in [0.5, 0.6) is 0 Å². The minimum absolute atomic E-state index is 0.0628. The Morgan fingerprint density at radius 2 is 2.29 bits per heavy atom. The molecule has 0 aliphatic carbocycles. The Hall–Kier alpha value is -1.36. The lowest BCUT2D eigenvalue weighted by atomic mass is 10.1. The summed E-state index contributed by atoms with van der Waals surface area (Å²) in [5.74, 6) is 0.258. The molecule has 0 unspecified atom stereocenters. The molecule has 1 rings (SSSR count). The van der Waals surface area contributed by atoms with Gasteiger partial charge in [0.05, 0.1) is 12.1 Å². The van der Waals surface area contributed by atoms with Gasteiger partial charge in [0, 0.05) is 19.4 Å². The number of anilines is 1. The summed E-state index contributed by atoms with van der Waals surface area (Å²) in [5, 5.41) is 11.9. The predicted molar refractivity (Wildman–Crippen MR) is 54.3 cm³/mol. The predicted octanol–water partition coefficient (Wildman–Crippen LogP) is -0.0369. The maximum absolute atomic E-state index is 11.5. The Balaban J connectivity index is 2.99. The Kier molecular flexibility index (Phi) is 2.90. The molecule has 0 saturated heterocycles. The Bertz CT molecular complexity index is 371. The summed E-state index contributed by atoms with van der Waals surface area (Å²) in [4.78, 5) is 15.4. The molecule has 0 amide bonds. The average Bonchev–Trinajstić information content (AvgIpc) is 2.13. The highest BCUT2D eigenvalue weighted by molar-refractivity contribution is 5.34. The Labute approximate surface area is 82.4 Å². The molecule has 0 saturated carbocycles. The molecular formula is C9H15N3O2. The normalized spacial score (nSPS) is 11.4. The number of aliphatic hydroxyl groups is 1. The van der Waals surface area contributed by atoms with E-state index in [0.717, 1.165) is 0 Å². The fourth-order valence-electron chi connectivity index (χ4n) is 0.944. The van der Waals surface area contributed by atoms with Gasteiger partial charge in [0.15, 0.2) is 5.82 Å². The van der Waals surface area contributed by atoms with Crippen molar-refractivity contribution >= 4 is 5.82 Å². The van der Waals surface area contributed by atoms with Gasteiger partial charge < -0.3 is 15.0 Å². The van der Waals surface area contributed by atoms with Crippen LogP contribution in [-0.2, 0) is 7.05 Å². The number of nitrogens with zero attached hydrogens (tertiary/aromatic N) is 2. The van der Waals surface area contributed by atoms with E-state index in [1.807, 2.05) is 0 Å². The Morgan fingerprint density at radius 3 is 2.86 bits per heavy atom. The summed E-state index contributed by atoms with van der Waals surface area (Å²) in [7, 11) is 1.65. The van der Waals surface area contributed by atoms with Gasteiger partial charge in [-0.25, -0.2) is 4.98 Å². The van der Waals surface area contributed by atoms with E-state index in [0.29, 0.717) is 0 Å².